The van der Waals surface area contributed by atoms with Gasteiger partial charge < -0.3 is 5.32 Å². The standard InChI is InChI=1S/C21H23ClF3N3O/c22-18-9-6-15(21(23,24)25)10-17(18)20(29)27-16-7-4-13(5-8-16)12-28-19-3-1-2-14(19)11-26-28/h6,9-11,13,16H,1-5,7-8,12H2,(H,27,29). The molecule has 0 unspecified atom stereocenters. The lowest BCUT2D eigenvalue weighted by atomic mass is 9.86. The number of nitrogens with zero attached hydrogens (tertiary/aromatic N) is 2. The Morgan fingerprint density at radius 3 is 2.69 bits per heavy atom. The summed E-state index contributed by atoms with van der Waals surface area (Å²) in [5.41, 5.74) is 1.72. The van der Waals surface area contributed by atoms with Gasteiger partial charge in [-0.1, -0.05) is 11.6 Å². The molecule has 2 aliphatic rings. The summed E-state index contributed by atoms with van der Waals surface area (Å²) in [7, 11) is 0. The van der Waals surface area contributed by atoms with Gasteiger partial charge in [0, 0.05) is 18.3 Å². The third-order valence-electron chi connectivity index (χ3n) is 6.05. The van der Waals surface area contributed by atoms with Crippen molar-refractivity contribution in [2.24, 2.45) is 5.92 Å². The van der Waals surface area contributed by atoms with Crippen molar-refractivity contribution >= 4 is 17.5 Å². The van der Waals surface area contributed by atoms with Crippen molar-refractivity contribution in [1.82, 2.24) is 15.1 Å². The van der Waals surface area contributed by atoms with Gasteiger partial charge in [0.2, 0.25) is 0 Å². The van der Waals surface area contributed by atoms with Crippen LogP contribution in [0.4, 0.5) is 13.2 Å². The number of amides is 1. The topological polar surface area (TPSA) is 46.9 Å². The molecule has 0 radical (unpaired) electrons. The SMILES string of the molecule is O=C(NC1CCC(Cn2ncc3c2CCC3)CC1)c1cc(C(F)(F)F)ccc1Cl. The first-order chi connectivity index (χ1) is 13.8. The summed E-state index contributed by atoms with van der Waals surface area (Å²) < 4.78 is 40.9. The molecule has 0 spiro atoms. The summed E-state index contributed by atoms with van der Waals surface area (Å²) in [5, 5.41) is 7.40. The Labute approximate surface area is 172 Å². The van der Waals surface area contributed by atoms with E-state index in [-0.39, 0.29) is 16.6 Å². The molecule has 1 fully saturated rings. The maximum Gasteiger partial charge on any atom is 0.416 e. The minimum absolute atomic E-state index is 0.0247. The fourth-order valence-electron chi connectivity index (χ4n) is 4.42. The Balaban J connectivity index is 1.33. The summed E-state index contributed by atoms with van der Waals surface area (Å²) >= 11 is 5.97. The third kappa shape index (κ3) is 4.44. The van der Waals surface area contributed by atoms with Crippen molar-refractivity contribution in [3.05, 3.63) is 51.8 Å². The molecule has 1 aromatic heterocycles. The summed E-state index contributed by atoms with van der Waals surface area (Å²) in [4.78, 5) is 12.5. The Morgan fingerprint density at radius 1 is 1.21 bits per heavy atom. The number of hydrogen-bond acceptors (Lipinski definition) is 2. The summed E-state index contributed by atoms with van der Waals surface area (Å²) in [6.45, 7) is 0.898. The average molecular weight is 426 g/mol. The number of nitrogens with one attached hydrogen (secondary N) is 1. The second kappa shape index (κ2) is 8.01. The number of alkyl halides is 3. The van der Waals surface area contributed by atoms with E-state index in [4.69, 9.17) is 11.6 Å². The van der Waals surface area contributed by atoms with Crippen LogP contribution in [0, 0.1) is 5.92 Å². The van der Waals surface area contributed by atoms with Crippen molar-refractivity contribution in [2.75, 3.05) is 0 Å². The van der Waals surface area contributed by atoms with E-state index in [1.807, 2.05) is 6.20 Å². The van der Waals surface area contributed by atoms with Crippen LogP contribution in [-0.4, -0.2) is 21.7 Å². The van der Waals surface area contributed by atoms with Gasteiger partial charge in [0.25, 0.3) is 5.91 Å². The lowest BCUT2D eigenvalue weighted by molar-refractivity contribution is -0.137. The highest BCUT2D eigenvalue weighted by atomic mass is 35.5. The van der Waals surface area contributed by atoms with Gasteiger partial charge in [-0.3, -0.25) is 9.48 Å². The number of aryl methyl sites for hydroxylation is 1. The molecule has 1 amide bonds. The third-order valence-corrected chi connectivity index (χ3v) is 6.38. The van der Waals surface area contributed by atoms with Crippen LogP contribution in [-0.2, 0) is 25.6 Å². The summed E-state index contributed by atoms with van der Waals surface area (Å²) in [6, 6.07) is 2.78. The first kappa shape index (κ1) is 20.3. The van der Waals surface area contributed by atoms with Crippen molar-refractivity contribution in [3.63, 3.8) is 0 Å². The molecule has 4 rings (SSSR count). The Hall–Kier alpha value is -2.02. The molecular weight excluding hydrogens is 403 g/mol. The minimum atomic E-state index is -4.51. The maximum atomic E-state index is 12.9. The van der Waals surface area contributed by atoms with Crippen LogP contribution in [0.1, 0.15) is 59.3 Å². The first-order valence-corrected chi connectivity index (χ1v) is 10.4. The fraction of sp³-hybridized carbons (Fsp3) is 0.524. The predicted octanol–water partition coefficient (Wildman–Crippen LogP) is 5.03. The quantitative estimate of drug-likeness (QED) is 0.746. The Bertz CT molecular complexity index is 901. The molecule has 156 valence electrons. The first-order valence-electron chi connectivity index (χ1n) is 10.0. The number of fused-ring (bicyclic) bond motifs is 1. The molecule has 0 aliphatic heterocycles. The molecule has 0 atom stereocenters. The lowest BCUT2D eigenvalue weighted by Crippen LogP contribution is -2.38. The Kier molecular flexibility index (Phi) is 5.60. The highest BCUT2D eigenvalue weighted by molar-refractivity contribution is 6.33. The van der Waals surface area contributed by atoms with Crippen molar-refractivity contribution in [2.45, 2.75) is 63.7 Å². The molecule has 1 N–H and O–H groups in total. The predicted molar refractivity (Wildman–Crippen MR) is 104 cm³/mol. The molecule has 1 saturated carbocycles. The van der Waals surface area contributed by atoms with Crippen molar-refractivity contribution in [3.8, 4) is 0 Å². The van der Waals surface area contributed by atoms with Gasteiger partial charge in [-0.25, -0.2) is 0 Å². The van der Waals surface area contributed by atoms with E-state index in [9.17, 15) is 18.0 Å². The van der Waals surface area contributed by atoms with E-state index in [1.165, 1.54) is 17.7 Å². The van der Waals surface area contributed by atoms with Crippen LogP contribution in [0.3, 0.4) is 0 Å². The monoisotopic (exact) mass is 425 g/mol. The highest BCUT2D eigenvalue weighted by Crippen LogP contribution is 2.32. The zero-order chi connectivity index (χ0) is 20.6. The normalized spacial score (nSPS) is 21.8. The van der Waals surface area contributed by atoms with Crippen LogP contribution in [0.2, 0.25) is 5.02 Å². The van der Waals surface area contributed by atoms with E-state index < -0.39 is 17.6 Å². The van der Waals surface area contributed by atoms with Crippen LogP contribution < -0.4 is 5.32 Å². The molecule has 2 aliphatic carbocycles. The molecule has 4 nitrogen and oxygen atoms in total. The average Bonchev–Trinajstić information content (AvgIpc) is 3.28. The summed E-state index contributed by atoms with van der Waals surface area (Å²) in [6.07, 6.45) is 4.39. The van der Waals surface area contributed by atoms with E-state index in [1.54, 1.807) is 0 Å². The Morgan fingerprint density at radius 2 is 1.97 bits per heavy atom. The number of aromatic nitrogens is 2. The van der Waals surface area contributed by atoms with Gasteiger partial charge in [-0.2, -0.15) is 18.3 Å². The smallest absolute Gasteiger partial charge is 0.349 e. The van der Waals surface area contributed by atoms with Gasteiger partial charge in [0.05, 0.1) is 22.3 Å². The van der Waals surface area contributed by atoms with E-state index in [0.29, 0.717) is 5.92 Å². The van der Waals surface area contributed by atoms with Crippen LogP contribution in [0.15, 0.2) is 24.4 Å². The number of benzene rings is 1. The molecule has 29 heavy (non-hydrogen) atoms. The fourth-order valence-corrected chi connectivity index (χ4v) is 4.63. The number of carbonyl (C=O) groups excluding carboxylic acids is 1. The number of carbonyl (C=O) groups is 1. The molecule has 1 aromatic carbocycles. The van der Waals surface area contributed by atoms with Gasteiger partial charge in [-0.05, 0) is 74.6 Å². The van der Waals surface area contributed by atoms with Gasteiger partial charge in [0.15, 0.2) is 0 Å². The van der Waals surface area contributed by atoms with Crippen LogP contribution in [0.5, 0.6) is 0 Å². The lowest BCUT2D eigenvalue weighted by Gasteiger charge is -2.29. The highest BCUT2D eigenvalue weighted by Gasteiger charge is 2.32. The number of rotatable bonds is 4. The zero-order valence-corrected chi connectivity index (χ0v) is 16.7. The minimum Gasteiger partial charge on any atom is -0.349 e. The number of halogens is 4. The maximum absolute atomic E-state index is 12.9. The molecular formula is C21H23ClF3N3O. The van der Waals surface area contributed by atoms with Crippen LogP contribution >= 0.6 is 11.6 Å². The van der Waals surface area contributed by atoms with Gasteiger partial charge >= 0.3 is 6.18 Å². The van der Waals surface area contributed by atoms with E-state index in [2.05, 4.69) is 15.1 Å². The second-order valence-corrected chi connectivity index (χ2v) is 8.44. The number of hydrogen-bond donors (Lipinski definition) is 1. The zero-order valence-electron chi connectivity index (χ0n) is 15.9. The second-order valence-electron chi connectivity index (χ2n) is 8.04. The largest absolute Gasteiger partial charge is 0.416 e. The van der Waals surface area contributed by atoms with Crippen molar-refractivity contribution < 1.29 is 18.0 Å². The molecule has 8 heteroatoms. The molecule has 1 heterocycles. The van der Waals surface area contributed by atoms with Crippen LogP contribution in [0.25, 0.3) is 0 Å². The summed E-state index contributed by atoms with van der Waals surface area (Å²) in [5.74, 6) is -0.0423. The molecule has 0 bridgehead atoms. The van der Waals surface area contributed by atoms with Crippen molar-refractivity contribution in [1.29, 1.82) is 0 Å². The molecule has 2 aromatic rings. The van der Waals surface area contributed by atoms with Gasteiger partial charge in [0.1, 0.15) is 0 Å². The van der Waals surface area contributed by atoms with Gasteiger partial charge in [-0.15, -0.1) is 0 Å². The molecule has 0 saturated heterocycles. The van der Waals surface area contributed by atoms with E-state index in [0.717, 1.165) is 63.3 Å². The van der Waals surface area contributed by atoms with E-state index >= 15 is 0 Å².